The topological polar surface area (TPSA) is 9.72 Å². The normalized spacial score (nSPS) is 20.2. The molecule has 2 atom stereocenters. The van der Waals surface area contributed by atoms with Gasteiger partial charge in [-0.25, -0.2) is 0 Å². The van der Waals surface area contributed by atoms with Gasteiger partial charge in [0.05, 0.1) is 16.9 Å². The van der Waals surface area contributed by atoms with Gasteiger partial charge in [0.25, 0.3) is 6.71 Å². The van der Waals surface area contributed by atoms with E-state index in [9.17, 15) is 0 Å². The van der Waals surface area contributed by atoms with Gasteiger partial charge >= 0.3 is 0 Å². The van der Waals surface area contributed by atoms with E-state index in [1.54, 1.807) is 5.56 Å². The Kier molecular flexibility index (Phi) is 11.7. The number of nitrogens with zero attached hydrogens (tertiary/aromatic N) is 3. The van der Waals surface area contributed by atoms with Crippen molar-refractivity contribution in [2.75, 3.05) is 14.7 Å². The summed E-state index contributed by atoms with van der Waals surface area (Å²) in [6.07, 6.45) is 4.76. The highest BCUT2D eigenvalue weighted by Gasteiger charge is 2.63. The fourth-order valence-electron chi connectivity index (χ4n) is 14.9. The molecule has 0 spiro atoms. The molecule has 5 aliphatic rings. The van der Waals surface area contributed by atoms with Gasteiger partial charge in [-0.15, -0.1) is 0 Å². The summed E-state index contributed by atoms with van der Waals surface area (Å²) in [5, 5.41) is 0. The van der Waals surface area contributed by atoms with Gasteiger partial charge in [-0.1, -0.05) is 228 Å². The van der Waals surface area contributed by atoms with Crippen LogP contribution in [0.5, 0.6) is 0 Å². The van der Waals surface area contributed by atoms with E-state index >= 15 is 0 Å². The van der Waals surface area contributed by atoms with Gasteiger partial charge in [0.15, 0.2) is 0 Å². The first kappa shape index (κ1) is 53.4. The Balaban J connectivity index is 1.27. The van der Waals surface area contributed by atoms with Crippen molar-refractivity contribution in [1.82, 2.24) is 0 Å². The van der Waals surface area contributed by atoms with Gasteiger partial charge in [-0.05, 0) is 162 Å². The van der Waals surface area contributed by atoms with Crippen molar-refractivity contribution in [3.05, 3.63) is 190 Å². The highest BCUT2D eigenvalue weighted by molar-refractivity contribution is 7.03. The molecule has 0 amide bonds. The van der Waals surface area contributed by atoms with Gasteiger partial charge in [-0.3, -0.25) is 0 Å². The second-order valence-electron chi connectivity index (χ2n) is 30.7. The van der Waals surface area contributed by atoms with Crippen LogP contribution in [0.3, 0.4) is 0 Å². The molecule has 2 aliphatic carbocycles. The van der Waals surface area contributed by atoms with E-state index < -0.39 is 0 Å². The number of allylic oxidation sites excluding steroid dienone is 1. The molecule has 3 nitrogen and oxygen atoms in total. The Morgan fingerprint density at radius 2 is 0.949 bits per heavy atom. The summed E-state index contributed by atoms with van der Waals surface area (Å²) in [5.41, 5.74) is 27.6. The van der Waals surface area contributed by atoms with E-state index in [2.05, 4.69) is 286 Å². The molecule has 0 bridgehead atoms. The zero-order valence-corrected chi connectivity index (χ0v) is 51.5. The quantitative estimate of drug-likeness (QED) is 0.159. The highest BCUT2D eigenvalue weighted by Crippen LogP contribution is 2.65. The van der Waals surface area contributed by atoms with Crippen molar-refractivity contribution in [2.45, 2.75) is 201 Å². The number of benzene rings is 7. The van der Waals surface area contributed by atoms with Crippen LogP contribution in [0.2, 0.25) is 0 Å². The third kappa shape index (κ3) is 8.09. The monoisotopic (exact) mass is 1040 g/mol. The Hall–Kier alpha value is -6.26. The largest absolute Gasteiger partial charge is 0.335 e. The predicted octanol–water partition coefficient (Wildman–Crippen LogP) is 19.4. The Labute approximate surface area is 476 Å². The molecule has 2 unspecified atom stereocenters. The van der Waals surface area contributed by atoms with Crippen molar-refractivity contribution in [3.8, 4) is 11.1 Å². The summed E-state index contributed by atoms with van der Waals surface area (Å²) >= 11 is 0. The van der Waals surface area contributed by atoms with Gasteiger partial charge in [0.1, 0.15) is 0 Å². The molecule has 3 heterocycles. The van der Waals surface area contributed by atoms with Crippen LogP contribution in [-0.4, -0.2) is 12.3 Å². The first-order chi connectivity index (χ1) is 36.8. The van der Waals surface area contributed by atoms with E-state index in [1.807, 2.05) is 0 Å². The number of hydrogen-bond acceptors (Lipinski definition) is 3. The van der Waals surface area contributed by atoms with E-state index in [-0.39, 0.29) is 50.2 Å². The summed E-state index contributed by atoms with van der Waals surface area (Å²) in [4.78, 5) is 8.33. The molecule has 12 rings (SSSR count). The number of anilines is 7. The first-order valence-electron chi connectivity index (χ1n) is 29.9. The number of hydrogen-bond donors (Lipinski definition) is 0. The van der Waals surface area contributed by atoms with Gasteiger partial charge in [0.2, 0.25) is 0 Å². The van der Waals surface area contributed by atoms with Crippen molar-refractivity contribution in [1.29, 1.82) is 0 Å². The van der Waals surface area contributed by atoms with Crippen molar-refractivity contribution in [3.63, 3.8) is 0 Å². The van der Waals surface area contributed by atoms with Gasteiger partial charge in [-0.2, -0.15) is 0 Å². The van der Waals surface area contributed by atoms with Gasteiger partial charge in [0, 0.05) is 50.5 Å². The zero-order valence-electron chi connectivity index (χ0n) is 51.5. The number of rotatable bonds is 5. The maximum absolute atomic E-state index is 2.94. The molecular formula is C75H88BN3. The van der Waals surface area contributed by atoms with E-state index in [4.69, 9.17) is 0 Å². The molecule has 7 aromatic carbocycles. The molecule has 0 N–H and O–H groups in total. The molecule has 0 radical (unpaired) electrons. The SMILES string of the molecule is CC(C)(C)c1ccc(N(c2ccc(C(C)(C)C)cc2)c2cc3c4c(c2)N2c5c(cc(C(C)(C)C)cc5C5(C)CCCCC25C)B4C2=C(N3c3ccc(C(C)(C)C)cc3-c3ccccc3)C(C)(C)c3cc(C(C)(C)C)ccc32)cc1. The van der Waals surface area contributed by atoms with Crippen molar-refractivity contribution >= 4 is 62.9 Å². The van der Waals surface area contributed by atoms with Crippen molar-refractivity contribution in [2.24, 2.45) is 0 Å². The van der Waals surface area contributed by atoms with E-state index in [0.29, 0.717) is 0 Å². The Morgan fingerprint density at radius 1 is 0.443 bits per heavy atom. The average Bonchev–Trinajstić information content (AvgIpc) is 1.94. The van der Waals surface area contributed by atoms with Crippen LogP contribution in [0.25, 0.3) is 16.6 Å². The summed E-state index contributed by atoms with van der Waals surface area (Å²) < 4.78 is 0. The van der Waals surface area contributed by atoms with Crippen molar-refractivity contribution < 1.29 is 0 Å². The minimum absolute atomic E-state index is 0.00873. The van der Waals surface area contributed by atoms with E-state index in [0.717, 1.165) is 17.8 Å². The van der Waals surface area contributed by atoms with Crippen LogP contribution in [0.1, 0.15) is 202 Å². The molecule has 3 aliphatic heterocycles. The summed E-state index contributed by atoms with van der Waals surface area (Å²) in [5.74, 6) is 0. The smallest absolute Gasteiger partial charge is 0.252 e. The lowest BCUT2D eigenvalue weighted by molar-refractivity contribution is 0.195. The van der Waals surface area contributed by atoms with Crippen LogP contribution >= 0.6 is 0 Å². The fourth-order valence-corrected chi connectivity index (χ4v) is 14.9. The van der Waals surface area contributed by atoms with Gasteiger partial charge < -0.3 is 14.7 Å². The third-order valence-corrected chi connectivity index (χ3v) is 19.9. The zero-order chi connectivity index (χ0) is 56.5. The van der Waals surface area contributed by atoms with Crippen LogP contribution in [0.4, 0.5) is 39.8 Å². The lowest BCUT2D eigenvalue weighted by Crippen LogP contribution is -2.61. The maximum Gasteiger partial charge on any atom is 0.252 e. The van der Waals surface area contributed by atoms with Crippen LogP contribution in [0, 0.1) is 0 Å². The van der Waals surface area contributed by atoms with E-state index in [1.165, 1.54) is 120 Å². The Morgan fingerprint density at radius 3 is 1.52 bits per heavy atom. The van der Waals surface area contributed by atoms with Crippen LogP contribution < -0.4 is 25.6 Å². The molecule has 4 heteroatoms. The molecule has 79 heavy (non-hydrogen) atoms. The first-order valence-corrected chi connectivity index (χ1v) is 29.9. The Bertz CT molecular complexity index is 3580. The molecule has 7 aromatic rings. The lowest BCUT2D eigenvalue weighted by atomic mass is 9.32. The summed E-state index contributed by atoms with van der Waals surface area (Å²) in [7, 11) is 0. The second-order valence-corrected chi connectivity index (χ2v) is 30.7. The predicted molar refractivity (Wildman–Crippen MR) is 343 cm³/mol. The third-order valence-electron chi connectivity index (χ3n) is 19.9. The fraction of sp³-hybridized carbons (Fsp3) is 0.413. The minimum Gasteiger partial charge on any atom is -0.335 e. The molecule has 0 aromatic heterocycles. The summed E-state index contributed by atoms with van der Waals surface area (Å²) in [6.45, 7) is 45.8. The standard InChI is InChI=1S/C75H88BN3/c1-68(2,3)48-27-33-53(34-28-48)77(54-35-29-49(30-36-54)69(4,5)6)55-45-62-65-63(46-55)79-66-59(74(18)39-23-24-40-75(74,79)19)43-52(72(13,14)15)44-60(66)76(65)64-56-37-31-51(71(10,11)12)42-58(56)73(16,17)67(64)78(62)61-38-32-50(70(7,8)9)41-57(61)47-25-21-20-22-26-47/h20-22,25-38,41-46H,23-24,39-40H2,1-19H3. The van der Waals surface area contributed by atoms with Crippen LogP contribution in [-0.2, 0) is 37.9 Å². The lowest BCUT2D eigenvalue weighted by Gasteiger charge is -2.53. The molecule has 0 saturated heterocycles. The highest BCUT2D eigenvalue weighted by atomic mass is 15.3. The summed E-state index contributed by atoms with van der Waals surface area (Å²) in [6, 6.07) is 55.9. The molecule has 406 valence electrons. The van der Waals surface area contributed by atoms with Crippen LogP contribution in [0.15, 0.2) is 145 Å². The maximum atomic E-state index is 2.94. The minimum atomic E-state index is -0.379. The average molecular weight is 1040 g/mol. The number of fused-ring (bicyclic) bond motifs is 8. The molecule has 1 saturated carbocycles. The second kappa shape index (κ2) is 17.4. The molecule has 1 fully saturated rings. The molecular weight excluding hydrogens is 954 g/mol.